The summed E-state index contributed by atoms with van der Waals surface area (Å²) >= 11 is 0. The zero-order valence-electron chi connectivity index (χ0n) is 14.9. The molecule has 1 amide bonds. The Morgan fingerprint density at radius 3 is 1.72 bits per heavy atom. The molecule has 134 valence electrons. The van der Waals surface area contributed by atoms with Crippen molar-refractivity contribution in [3.05, 3.63) is 71.8 Å². The molecule has 5 nitrogen and oxygen atoms in total. The van der Waals surface area contributed by atoms with Crippen molar-refractivity contribution in [2.75, 3.05) is 6.54 Å². The third-order valence-electron chi connectivity index (χ3n) is 2.88. The first-order chi connectivity index (χ1) is 11.8. The lowest BCUT2D eigenvalue weighted by Gasteiger charge is -2.19. The number of amides is 1. The maximum Gasteiger partial charge on any atom is 0.408 e. The monoisotopic (exact) mass is 343 g/mol. The summed E-state index contributed by atoms with van der Waals surface area (Å²) in [5.41, 5.74) is 2.14. The fourth-order valence-corrected chi connectivity index (χ4v) is 1.89. The highest BCUT2D eigenvalue weighted by Crippen LogP contribution is 2.08. The van der Waals surface area contributed by atoms with Crippen LogP contribution in [0.25, 0.3) is 0 Å². The van der Waals surface area contributed by atoms with Gasteiger partial charge in [0.1, 0.15) is 12.1 Å². The zero-order valence-corrected chi connectivity index (χ0v) is 14.9. The highest BCUT2D eigenvalue weighted by molar-refractivity contribution is 5.76. The second-order valence-corrected chi connectivity index (χ2v) is 6.40. The van der Waals surface area contributed by atoms with Gasteiger partial charge in [-0.2, -0.15) is 0 Å². The summed E-state index contributed by atoms with van der Waals surface area (Å²) in [5.74, 6) is -1.10. The van der Waals surface area contributed by atoms with E-state index in [2.05, 4.69) is 66.0 Å². The average Bonchev–Trinajstić information content (AvgIpc) is 2.54. The van der Waals surface area contributed by atoms with Gasteiger partial charge in [-0.1, -0.05) is 60.7 Å². The third kappa shape index (κ3) is 10.5. The molecular weight excluding hydrogens is 318 g/mol. The second-order valence-electron chi connectivity index (χ2n) is 6.40. The normalized spacial score (nSPS) is 10.2. The Hall–Kier alpha value is -2.82. The fourth-order valence-electron chi connectivity index (χ4n) is 1.89. The third-order valence-corrected chi connectivity index (χ3v) is 2.88. The maximum absolute atomic E-state index is 10.8. The molecule has 0 radical (unpaired) electrons. The number of aliphatic carboxylic acids is 1. The van der Waals surface area contributed by atoms with Crippen molar-refractivity contribution < 1.29 is 19.4 Å². The summed E-state index contributed by atoms with van der Waals surface area (Å²) in [4.78, 5) is 20.8. The molecule has 2 N–H and O–H groups in total. The number of alkyl carbamates (subject to hydrolysis) is 1. The number of hydrogen-bond acceptors (Lipinski definition) is 3. The van der Waals surface area contributed by atoms with Crippen LogP contribution < -0.4 is 5.32 Å². The van der Waals surface area contributed by atoms with Gasteiger partial charge in [-0.05, 0) is 38.3 Å². The van der Waals surface area contributed by atoms with Crippen LogP contribution in [0.15, 0.2) is 60.7 Å². The molecule has 2 aromatic rings. The van der Waals surface area contributed by atoms with Crippen LogP contribution in [-0.2, 0) is 16.0 Å². The van der Waals surface area contributed by atoms with Crippen molar-refractivity contribution in [2.24, 2.45) is 0 Å². The number of ether oxygens (including phenoxy) is 1. The van der Waals surface area contributed by atoms with Gasteiger partial charge in [0, 0.05) is 0 Å². The van der Waals surface area contributed by atoms with Gasteiger partial charge in [0.2, 0.25) is 0 Å². The van der Waals surface area contributed by atoms with Gasteiger partial charge in [-0.3, -0.25) is 4.79 Å². The van der Waals surface area contributed by atoms with E-state index in [1.807, 2.05) is 0 Å². The molecule has 0 saturated carbocycles. The lowest BCUT2D eigenvalue weighted by Crippen LogP contribution is -2.35. The van der Waals surface area contributed by atoms with Gasteiger partial charge >= 0.3 is 12.1 Å². The van der Waals surface area contributed by atoms with Crippen LogP contribution in [-0.4, -0.2) is 29.3 Å². The van der Waals surface area contributed by atoms with E-state index in [-0.39, 0.29) is 0 Å². The molecule has 0 aromatic heterocycles. The first-order valence-electron chi connectivity index (χ1n) is 8.03. The van der Waals surface area contributed by atoms with Gasteiger partial charge in [0.25, 0.3) is 0 Å². The van der Waals surface area contributed by atoms with Crippen LogP contribution in [0.4, 0.5) is 4.79 Å². The van der Waals surface area contributed by atoms with Crippen LogP contribution >= 0.6 is 0 Å². The predicted octanol–water partition coefficient (Wildman–Crippen LogP) is 3.87. The van der Waals surface area contributed by atoms with Crippen molar-refractivity contribution in [3.8, 4) is 0 Å². The van der Waals surface area contributed by atoms with Gasteiger partial charge in [0.05, 0.1) is 0 Å². The molecule has 0 aliphatic rings. The largest absolute Gasteiger partial charge is 0.480 e. The molecular formula is C20H25NO4. The number of hydrogen-bond donors (Lipinski definition) is 2. The van der Waals surface area contributed by atoms with E-state index in [0.29, 0.717) is 0 Å². The minimum Gasteiger partial charge on any atom is -0.480 e. The maximum atomic E-state index is 10.8. The zero-order chi connectivity index (χ0) is 18.7. The lowest BCUT2D eigenvalue weighted by molar-refractivity contribution is -0.136. The first kappa shape index (κ1) is 20.2. The molecule has 0 atom stereocenters. The molecule has 0 unspecified atom stereocenters. The van der Waals surface area contributed by atoms with E-state index in [0.717, 1.165) is 6.42 Å². The second kappa shape index (κ2) is 10.1. The minimum absolute atomic E-state index is 0.422. The molecule has 0 aliphatic carbocycles. The van der Waals surface area contributed by atoms with E-state index >= 15 is 0 Å². The lowest BCUT2D eigenvalue weighted by atomic mass is 10.1. The summed E-state index contributed by atoms with van der Waals surface area (Å²) in [6.07, 6.45) is 0.312. The van der Waals surface area contributed by atoms with Crippen LogP contribution in [0.3, 0.4) is 0 Å². The summed E-state index contributed by atoms with van der Waals surface area (Å²) in [7, 11) is 0. The van der Waals surface area contributed by atoms with Gasteiger partial charge < -0.3 is 15.2 Å². The number of rotatable bonds is 4. The molecule has 0 saturated heterocycles. The van der Waals surface area contributed by atoms with Gasteiger partial charge in [-0.15, -0.1) is 0 Å². The Kier molecular flexibility index (Phi) is 8.19. The molecule has 0 spiro atoms. The van der Waals surface area contributed by atoms with Gasteiger partial charge in [-0.25, -0.2) is 4.79 Å². The van der Waals surface area contributed by atoms with E-state index in [4.69, 9.17) is 9.84 Å². The summed E-state index contributed by atoms with van der Waals surface area (Å²) in [6.45, 7) is 4.68. The standard InChI is InChI=1S/C13H12.C7H13NO4/c1-3-7-12(8-4-1)11-13-9-5-2-6-10-13;1-7(2,3)12-6(11)8-4-5(9)10/h1-10H,11H2;4H2,1-3H3,(H,8,11)(H,9,10). The quantitative estimate of drug-likeness (QED) is 0.883. The van der Waals surface area contributed by atoms with Crippen LogP contribution in [0.1, 0.15) is 31.9 Å². The Morgan fingerprint density at radius 1 is 0.920 bits per heavy atom. The molecule has 0 heterocycles. The summed E-state index contributed by atoms with van der Waals surface area (Å²) in [6, 6.07) is 21.1. The first-order valence-corrected chi connectivity index (χ1v) is 8.03. The summed E-state index contributed by atoms with van der Waals surface area (Å²) < 4.78 is 4.77. The molecule has 2 aromatic carbocycles. The molecule has 0 aliphatic heterocycles. The van der Waals surface area contributed by atoms with Crippen LogP contribution in [0.5, 0.6) is 0 Å². The minimum atomic E-state index is -1.10. The number of benzene rings is 2. The number of carboxylic acid groups (broad SMARTS) is 1. The van der Waals surface area contributed by atoms with Crippen molar-refractivity contribution >= 4 is 12.1 Å². The summed E-state index contributed by atoms with van der Waals surface area (Å²) in [5, 5.41) is 10.3. The number of carbonyl (C=O) groups excluding carboxylic acids is 1. The molecule has 2 rings (SSSR count). The molecule has 0 fully saturated rings. The Morgan fingerprint density at radius 2 is 1.36 bits per heavy atom. The van der Waals surface area contributed by atoms with E-state index in [1.54, 1.807) is 20.8 Å². The van der Waals surface area contributed by atoms with Crippen molar-refractivity contribution in [1.82, 2.24) is 5.32 Å². The van der Waals surface area contributed by atoms with E-state index < -0.39 is 24.2 Å². The Balaban J connectivity index is 0.000000252. The van der Waals surface area contributed by atoms with E-state index in [1.165, 1.54) is 11.1 Å². The van der Waals surface area contributed by atoms with Crippen LogP contribution in [0, 0.1) is 0 Å². The Labute approximate surface area is 148 Å². The molecule has 25 heavy (non-hydrogen) atoms. The smallest absolute Gasteiger partial charge is 0.408 e. The Bertz CT molecular complexity index is 611. The number of carboxylic acids is 1. The predicted molar refractivity (Wildman–Crippen MR) is 97.6 cm³/mol. The molecule has 5 heteroatoms. The van der Waals surface area contributed by atoms with Crippen molar-refractivity contribution in [3.63, 3.8) is 0 Å². The van der Waals surface area contributed by atoms with Gasteiger partial charge in [0.15, 0.2) is 0 Å². The van der Waals surface area contributed by atoms with Crippen LogP contribution in [0.2, 0.25) is 0 Å². The van der Waals surface area contributed by atoms with Crippen molar-refractivity contribution in [1.29, 1.82) is 0 Å². The number of nitrogens with one attached hydrogen (secondary N) is 1. The fraction of sp³-hybridized carbons (Fsp3) is 0.300. The molecule has 0 bridgehead atoms. The van der Waals surface area contributed by atoms with E-state index in [9.17, 15) is 9.59 Å². The average molecular weight is 343 g/mol. The topological polar surface area (TPSA) is 75.6 Å². The highest BCUT2D eigenvalue weighted by atomic mass is 16.6. The van der Waals surface area contributed by atoms with Crippen molar-refractivity contribution in [2.45, 2.75) is 32.8 Å². The highest BCUT2D eigenvalue weighted by Gasteiger charge is 2.16. The number of carbonyl (C=O) groups is 2. The SMILES string of the molecule is CC(C)(C)OC(=O)NCC(=O)O.c1ccc(Cc2ccccc2)cc1.